The number of hydrogen-bond acceptors (Lipinski definition) is 5. The van der Waals surface area contributed by atoms with Gasteiger partial charge in [0.1, 0.15) is 11.4 Å². The lowest BCUT2D eigenvalue weighted by Crippen LogP contribution is -2.39. The van der Waals surface area contributed by atoms with E-state index in [4.69, 9.17) is 10.5 Å². The second kappa shape index (κ2) is 7.95. The van der Waals surface area contributed by atoms with Crippen LogP contribution in [0.5, 0.6) is 11.6 Å². The van der Waals surface area contributed by atoms with Crippen LogP contribution in [0, 0.1) is 0 Å². The van der Waals surface area contributed by atoms with Crippen molar-refractivity contribution in [1.29, 1.82) is 0 Å². The summed E-state index contributed by atoms with van der Waals surface area (Å²) >= 11 is 0. The van der Waals surface area contributed by atoms with Gasteiger partial charge in [0, 0.05) is 43.4 Å². The summed E-state index contributed by atoms with van der Waals surface area (Å²) in [5, 5.41) is 0. The van der Waals surface area contributed by atoms with Gasteiger partial charge >= 0.3 is 0 Å². The van der Waals surface area contributed by atoms with E-state index < -0.39 is 5.91 Å². The fourth-order valence-corrected chi connectivity index (χ4v) is 3.14. The molecule has 1 fully saturated rings. The fourth-order valence-electron chi connectivity index (χ4n) is 3.14. The molecule has 1 aromatic carbocycles. The number of aromatic nitrogens is 2. The first-order valence-corrected chi connectivity index (χ1v) is 8.75. The van der Waals surface area contributed by atoms with Crippen molar-refractivity contribution in [1.82, 2.24) is 14.9 Å². The number of benzene rings is 1. The monoisotopic (exact) mass is 354 g/mol. The molecule has 136 valence electrons. The van der Waals surface area contributed by atoms with E-state index in [1.54, 1.807) is 36.7 Å². The van der Waals surface area contributed by atoms with Crippen LogP contribution in [0.25, 0.3) is 0 Å². The molecule has 1 aliphatic rings. The van der Waals surface area contributed by atoms with Crippen LogP contribution < -0.4 is 10.5 Å². The van der Waals surface area contributed by atoms with Gasteiger partial charge in [-0.25, -0.2) is 4.98 Å². The molecule has 2 amide bonds. The van der Waals surface area contributed by atoms with Crippen molar-refractivity contribution in [2.75, 3.05) is 13.1 Å². The van der Waals surface area contributed by atoms with Crippen LogP contribution >= 0.6 is 0 Å². The molecule has 1 aromatic heterocycles. The molecule has 2 aromatic rings. The summed E-state index contributed by atoms with van der Waals surface area (Å²) in [4.78, 5) is 33.9. The molecule has 0 saturated carbocycles. The highest BCUT2D eigenvalue weighted by atomic mass is 16.5. The van der Waals surface area contributed by atoms with Crippen LogP contribution in [-0.4, -0.2) is 39.8 Å². The maximum absolute atomic E-state index is 12.0. The number of primary amides is 1. The highest BCUT2D eigenvalue weighted by molar-refractivity contribution is 5.92. The number of nitrogens with two attached hydrogens (primary N) is 1. The first kappa shape index (κ1) is 17.8. The maximum Gasteiger partial charge on any atom is 0.248 e. The van der Waals surface area contributed by atoms with E-state index in [0.29, 0.717) is 30.2 Å². The SMILES string of the molecule is CCC(=O)N1CCC[C@H](c2nccnc2Oc2ccc(C(N)=O)cc2)C1. The van der Waals surface area contributed by atoms with E-state index in [9.17, 15) is 9.59 Å². The minimum Gasteiger partial charge on any atom is -0.437 e. The Labute approximate surface area is 152 Å². The molecule has 0 radical (unpaired) electrons. The van der Waals surface area contributed by atoms with Gasteiger partial charge in [0.15, 0.2) is 0 Å². The molecule has 2 N–H and O–H groups in total. The van der Waals surface area contributed by atoms with Gasteiger partial charge in [-0.15, -0.1) is 0 Å². The molecule has 7 nitrogen and oxygen atoms in total. The number of rotatable bonds is 5. The summed E-state index contributed by atoms with van der Waals surface area (Å²) in [6.07, 6.45) is 5.58. The van der Waals surface area contributed by atoms with Crippen LogP contribution in [0.2, 0.25) is 0 Å². The molecular weight excluding hydrogens is 332 g/mol. The number of carbonyl (C=O) groups is 2. The molecule has 0 spiro atoms. The smallest absolute Gasteiger partial charge is 0.248 e. The molecule has 26 heavy (non-hydrogen) atoms. The van der Waals surface area contributed by atoms with E-state index >= 15 is 0 Å². The Morgan fingerprint density at radius 2 is 1.96 bits per heavy atom. The maximum atomic E-state index is 12.0. The van der Waals surface area contributed by atoms with Gasteiger partial charge in [0.2, 0.25) is 17.7 Å². The Balaban J connectivity index is 1.79. The highest BCUT2D eigenvalue weighted by Gasteiger charge is 2.27. The molecular formula is C19H22N4O3. The zero-order valence-corrected chi connectivity index (χ0v) is 14.7. The number of hydrogen-bond donors (Lipinski definition) is 1. The molecule has 1 saturated heterocycles. The molecule has 0 unspecified atom stereocenters. The number of piperidine rings is 1. The molecule has 7 heteroatoms. The third-order valence-electron chi connectivity index (χ3n) is 4.51. The van der Waals surface area contributed by atoms with Gasteiger partial charge in [0.05, 0.1) is 0 Å². The van der Waals surface area contributed by atoms with Crippen molar-refractivity contribution in [2.24, 2.45) is 5.73 Å². The van der Waals surface area contributed by atoms with Crippen LogP contribution in [0.1, 0.15) is 48.2 Å². The molecule has 0 bridgehead atoms. The Hall–Kier alpha value is -2.96. The van der Waals surface area contributed by atoms with Gasteiger partial charge in [-0.3, -0.25) is 14.6 Å². The van der Waals surface area contributed by atoms with Gasteiger partial charge < -0.3 is 15.4 Å². The molecule has 1 aliphatic heterocycles. The zero-order chi connectivity index (χ0) is 18.5. The minimum atomic E-state index is -0.486. The largest absolute Gasteiger partial charge is 0.437 e. The predicted molar refractivity (Wildman–Crippen MR) is 95.9 cm³/mol. The summed E-state index contributed by atoms with van der Waals surface area (Å²) in [5.74, 6) is 0.736. The van der Waals surface area contributed by atoms with Crippen LogP contribution in [-0.2, 0) is 4.79 Å². The predicted octanol–water partition coefficient (Wildman–Crippen LogP) is 2.48. The fraction of sp³-hybridized carbons (Fsp3) is 0.368. The van der Waals surface area contributed by atoms with Gasteiger partial charge in [-0.2, -0.15) is 0 Å². The standard InChI is InChI=1S/C19H22N4O3/c1-2-16(24)23-11-3-4-14(12-23)17-19(22-10-9-21-17)26-15-7-5-13(6-8-15)18(20)25/h5-10,14H,2-4,11-12H2,1H3,(H2,20,25)/t14-/m0/s1. The minimum absolute atomic E-state index is 0.0906. The van der Waals surface area contributed by atoms with Crippen molar-refractivity contribution in [3.63, 3.8) is 0 Å². The van der Waals surface area contributed by atoms with Crippen LogP contribution in [0.3, 0.4) is 0 Å². The molecule has 1 atom stereocenters. The number of carbonyl (C=O) groups excluding carboxylic acids is 2. The first-order valence-electron chi connectivity index (χ1n) is 8.75. The molecule has 2 heterocycles. The van der Waals surface area contributed by atoms with E-state index in [1.165, 1.54) is 0 Å². The van der Waals surface area contributed by atoms with Gasteiger partial charge in [-0.1, -0.05) is 6.92 Å². The van der Waals surface area contributed by atoms with E-state index in [0.717, 1.165) is 25.1 Å². The summed E-state index contributed by atoms with van der Waals surface area (Å²) in [7, 11) is 0. The lowest BCUT2D eigenvalue weighted by Gasteiger charge is -2.32. The first-order chi connectivity index (χ1) is 12.6. The molecule has 3 rings (SSSR count). The lowest BCUT2D eigenvalue weighted by atomic mass is 9.94. The molecule has 0 aliphatic carbocycles. The Morgan fingerprint density at radius 3 is 2.65 bits per heavy atom. The lowest BCUT2D eigenvalue weighted by molar-refractivity contribution is -0.132. The average molecular weight is 354 g/mol. The zero-order valence-electron chi connectivity index (χ0n) is 14.7. The Morgan fingerprint density at radius 1 is 1.23 bits per heavy atom. The Bertz CT molecular complexity index is 792. The number of ether oxygens (including phenoxy) is 1. The van der Waals surface area contributed by atoms with Crippen LogP contribution in [0.15, 0.2) is 36.7 Å². The topological polar surface area (TPSA) is 98.4 Å². The van der Waals surface area contributed by atoms with Crippen molar-refractivity contribution in [3.8, 4) is 11.6 Å². The second-order valence-corrected chi connectivity index (χ2v) is 6.27. The summed E-state index contributed by atoms with van der Waals surface area (Å²) in [6.45, 7) is 3.29. The third kappa shape index (κ3) is 3.99. The normalized spacial score (nSPS) is 17.0. The third-order valence-corrected chi connectivity index (χ3v) is 4.51. The van der Waals surface area contributed by atoms with Crippen molar-refractivity contribution < 1.29 is 14.3 Å². The summed E-state index contributed by atoms with van der Waals surface area (Å²) in [5.41, 5.74) is 6.42. The quantitative estimate of drug-likeness (QED) is 0.889. The number of nitrogens with zero attached hydrogens (tertiary/aromatic N) is 3. The van der Waals surface area contributed by atoms with E-state index in [-0.39, 0.29) is 11.8 Å². The van der Waals surface area contributed by atoms with Crippen molar-refractivity contribution in [2.45, 2.75) is 32.1 Å². The summed E-state index contributed by atoms with van der Waals surface area (Å²) < 4.78 is 5.89. The van der Waals surface area contributed by atoms with Gasteiger partial charge in [0.25, 0.3) is 0 Å². The highest BCUT2D eigenvalue weighted by Crippen LogP contribution is 2.32. The number of amides is 2. The summed E-state index contributed by atoms with van der Waals surface area (Å²) in [6, 6.07) is 6.56. The number of likely N-dealkylation sites (tertiary alicyclic amines) is 1. The van der Waals surface area contributed by atoms with Crippen molar-refractivity contribution >= 4 is 11.8 Å². The van der Waals surface area contributed by atoms with E-state index in [2.05, 4.69) is 9.97 Å². The average Bonchev–Trinajstić information content (AvgIpc) is 2.68. The van der Waals surface area contributed by atoms with Gasteiger partial charge in [-0.05, 0) is 37.1 Å². The van der Waals surface area contributed by atoms with E-state index in [1.807, 2.05) is 11.8 Å². The second-order valence-electron chi connectivity index (χ2n) is 6.27. The van der Waals surface area contributed by atoms with Crippen LogP contribution in [0.4, 0.5) is 0 Å². The van der Waals surface area contributed by atoms with Crippen molar-refractivity contribution in [3.05, 3.63) is 47.9 Å². The Kier molecular flexibility index (Phi) is 5.46.